The number of alkyl halides is 2. The van der Waals surface area contributed by atoms with Crippen molar-refractivity contribution in [3.8, 4) is 11.5 Å². The molecule has 0 amide bonds. The van der Waals surface area contributed by atoms with Crippen molar-refractivity contribution >= 4 is 17.6 Å². The van der Waals surface area contributed by atoms with Crippen LogP contribution in [0.15, 0.2) is 12.1 Å². The summed E-state index contributed by atoms with van der Waals surface area (Å²) in [6.45, 7) is -0.845. The molecule has 7 heteroatoms. The number of rotatable bonds is 5. The third-order valence-corrected chi connectivity index (χ3v) is 2.11. The standard InChI is InChI=1S/C10H9ClF2O4/c1-16-7-3-5(10(14)15)2-6(11)9(7)17-4-8(12)13/h2-3,8H,4H2,1H3,(H,14,15). The van der Waals surface area contributed by atoms with Crippen molar-refractivity contribution in [2.45, 2.75) is 6.43 Å². The van der Waals surface area contributed by atoms with Crippen LogP contribution in [-0.4, -0.2) is 31.2 Å². The van der Waals surface area contributed by atoms with Gasteiger partial charge in [-0.15, -0.1) is 0 Å². The molecule has 1 aromatic carbocycles. The zero-order valence-electron chi connectivity index (χ0n) is 8.75. The van der Waals surface area contributed by atoms with E-state index in [1.807, 2.05) is 0 Å². The molecule has 0 bridgehead atoms. The van der Waals surface area contributed by atoms with E-state index in [2.05, 4.69) is 0 Å². The van der Waals surface area contributed by atoms with Crippen molar-refractivity contribution in [2.24, 2.45) is 0 Å². The van der Waals surface area contributed by atoms with E-state index in [-0.39, 0.29) is 22.1 Å². The van der Waals surface area contributed by atoms with Crippen LogP contribution in [0.1, 0.15) is 10.4 Å². The summed E-state index contributed by atoms with van der Waals surface area (Å²) in [6.07, 6.45) is -2.66. The second-order valence-electron chi connectivity index (χ2n) is 3.00. The van der Waals surface area contributed by atoms with Gasteiger partial charge >= 0.3 is 5.97 Å². The Morgan fingerprint density at radius 2 is 2.18 bits per heavy atom. The highest BCUT2D eigenvalue weighted by Crippen LogP contribution is 2.36. The first-order chi connectivity index (χ1) is 7.95. The Balaban J connectivity index is 3.07. The van der Waals surface area contributed by atoms with Gasteiger partial charge in [-0.1, -0.05) is 11.6 Å². The highest BCUT2D eigenvalue weighted by molar-refractivity contribution is 6.32. The molecule has 0 spiro atoms. The van der Waals surface area contributed by atoms with Gasteiger partial charge in [0, 0.05) is 0 Å². The van der Waals surface area contributed by atoms with Gasteiger partial charge in [0.25, 0.3) is 6.43 Å². The number of carboxylic acid groups (broad SMARTS) is 1. The first-order valence-corrected chi connectivity index (χ1v) is 4.85. The molecular weight excluding hydrogens is 258 g/mol. The molecule has 0 atom stereocenters. The predicted molar refractivity (Wildman–Crippen MR) is 56.5 cm³/mol. The van der Waals surface area contributed by atoms with Crippen LogP contribution in [0.3, 0.4) is 0 Å². The van der Waals surface area contributed by atoms with E-state index in [0.29, 0.717) is 0 Å². The molecule has 0 aliphatic carbocycles. The first-order valence-electron chi connectivity index (χ1n) is 4.47. The second kappa shape index (κ2) is 5.67. The van der Waals surface area contributed by atoms with E-state index in [9.17, 15) is 13.6 Å². The second-order valence-corrected chi connectivity index (χ2v) is 3.40. The molecule has 0 aliphatic heterocycles. The summed E-state index contributed by atoms with van der Waals surface area (Å²) in [5.74, 6) is -1.30. The smallest absolute Gasteiger partial charge is 0.335 e. The molecule has 0 heterocycles. The lowest BCUT2D eigenvalue weighted by molar-refractivity contribution is 0.0694. The van der Waals surface area contributed by atoms with Crippen molar-refractivity contribution in [2.75, 3.05) is 13.7 Å². The van der Waals surface area contributed by atoms with Gasteiger partial charge in [0.05, 0.1) is 17.7 Å². The predicted octanol–water partition coefficient (Wildman–Crippen LogP) is 2.69. The maximum atomic E-state index is 12.0. The Labute approximate surface area is 101 Å². The van der Waals surface area contributed by atoms with E-state index in [4.69, 9.17) is 26.2 Å². The molecule has 0 saturated carbocycles. The number of ether oxygens (including phenoxy) is 2. The molecule has 0 aromatic heterocycles. The quantitative estimate of drug-likeness (QED) is 0.890. The number of benzene rings is 1. The van der Waals surface area contributed by atoms with Crippen LogP contribution >= 0.6 is 11.6 Å². The number of carboxylic acids is 1. The van der Waals surface area contributed by atoms with Crippen molar-refractivity contribution in [3.63, 3.8) is 0 Å². The Morgan fingerprint density at radius 3 is 2.65 bits per heavy atom. The highest BCUT2D eigenvalue weighted by atomic mass is 35.5. The van der Waals surface area contributed by atoms with Crippen molar-refractivity contribution in [3.05, 3.63) is 22.7 Å². The van der Waals surface area contributed by atoms with Gasteiger partial charge in [-0.05, 0) is 12.1 Å². The van der Waals surface area contributed by atoms with Gasteiger partial charge in [0.1, 0.15) is 6.61 Å². The van der Waals surface area contributed by atoms with Gasteiger partial charge in [-0.2, -0.15) is 0 Å². The molecule has 94 valence electrons. The lowest BCUT2D eigenvalue weighted by Crippen LogP contribution is -2.09. The third kappa shape index (κ3) is 3.45. The lowest BCUT2D eigenvalue weighted by atomic mass is 10.2. The molecule has 0 fully saturated rings. The summed E-state index contributed by atoms with van der Waals surface area (Å²) in [4.78, 5) is 10.7. The van der Waals surface area contributed by atoms with Gasteiger partial charge in [-0.25, -0.2) is 13.6 Å². The molecule has 0 aliphatic rings. The molecule has 0 unspecified atom stereocenters. The van der Waals surface area contributed by atoms with Gasteiger partial charge in [-0.3, -0.25) is 0 Å². The van der Waals surface area contributed by atoms with Crippen LogP contribution in [0, 0.1) is 0 Å². The van der Waals surface area contributed by atoms with Crippen LogP contribution in [0.25, 0.3) is 0 Å². The van der Waals surface area contributed by atoms with E-state index >= 15 is 0 Å². The Morgan fingerprint density at radius 1 is 1.53 bits per heavy atom. The molecule has 0 saturated heterocycles. The SMILES string of the molecule is COc1cc(C(=O)O)cc(Cl)c1OCC(F)F. The third-order valence-electron chi connectivity index (χ3n) is 1.83. The summed E-state index contributed by atoms with van der Waals surface area (Å²) in [5.41, 5.74) is -0.115. The number of aromatic carboxylic acids is 1. The van der Waals surface area contributed by atoms with E-state index < -0.39 is 19.0 Å². The Bertz CT molecular complexity index is 423. The molecule has 17 heavy (non-hydrogen) atoms. The minimum atomic E-state index is -2.66. The Kier molecular flexibility index (Phi) is 4.51. The minimum absolute atomic E-state index is 0.00412. The number of carbonyl (C=O) groups is 1. The van der Waals surface area contributed by atoms with Gasteiger partial charge < -0.3 is 14.6 Å². The minimum Gasteiger partial charge on any atom is -0.493 e. The largest absolute Gasteiger partial charge is 0.493 e. The summed E-state index contributed by atoms with van der Waals surface area (Å²) >= 11 is 5.73. The average Bonchev–Trinajstić information content (AvgIpc) is 2.25. The molecular formula is C10H9ClF2O4. The monoisotopic (exact) mass is 266 g/mol. The van der Waals surface area contributed by atoms with Crippen LogP contribution in [0.4, 0.5) is 8.78 Å². The maximum absolute atomic E-state index is 12.0. The maximum Gasteiger partial charge on any atom is 0.335 e. The molecule has 1 aromatic rings. The molecule has 1 N–H and O–H groups in total. The van der Waals surface area contributed by atoms with Gasteiger partial charge in [0.2, 0.25) is 0 Å². The molecule has 1 rings (SSSR count). The summed E-state index contributed by atoms with van der Waals surface area (Å²) in [7, 11) is 1.26. The topological polar surface area (TPSA) is 55.8 Å². The zero-order chi connectivity index (χ0) is 13.0. The van der Waals surface area contributed by atoms with Crippen LogP contribution in [0.5, 0.6) is 11.5 Å². The summed E-state index contributed by atoms with van der Waals surface area (Å²) in [5, 5.41) is 8.67. The van der Waals surface area contributed by atoms with Gasteiger partial charge in [0.15, 0.2) is 11.5 Å². The highest BCUT2D eigenvalue weighted by Gasteiger charge is 2.16. The number of halogens is 3. The zero-order valence-corrected chi connectivity index (χ0v) is 9.50. The van der Waals surface area contributed by atoms with E-state index in [0.717, 1.165) is 12.1 Å². The first kappa shape index (κ1) is 13.5. The summed E-state index contributed by atoms with van der Waals surface area (Å²) < 4.78 is 33.6. The van der Waals surface area contributed by atoms with E-state index in [1.54, 1.807) is 0 Å². The van der Waals surface area contributed by atoms with Crippen LogP contribution in [0.2, 0.25) is 5.02 Å². The average molecular weight is 267 g/mol. The number of methoxy groups -OCH3 is 1. The van der Waals surface area contributed by atoms with Crippen molar-refractivity contribution < 1.29 is 28.2 Å². The summed E-state index contributed by atoms with van der Waals surface area (Å²) in [6, 6.07) is 2.25. The fourth-order valence-corrected chi connectivity index (χ4v) is 1.39. The van der Waals surface area contributed by atoms with Crippen LogP contribution in [-0.2, 0) is 0 Å². The number of hydrogen-bond donors (Lipinski definition) is 1. The van der Waals surface area contributed by atoms with Crippen molar-refractivity contribution in [1.82, 2.24) is 0 Å². The normalized spacial score (nSPS) is 10.4. The Hall–Kier alpha value is -1.56. The van der Waals surface area contributed by atoms with Crippen molar-refractivity contribution in [1.29, 1.82) is 0 Å². The fraction of sp³-hybridized carbons (Fsp3) is 0.300. The fourth-order valence-electron chi connectivity index (χ4n) is 1.13. The number of hydrogen-bond acceptors (Lipinski definition) is 3. The van der Waals surface area contributed by atoms with Crippen LogP contribution < -0.4 is 9.47 Å². The molecule has 0 radical (unpaired) electrons. The molecule has 4 nitrogen and oxygen atoms in total. The van der Waals surface area contributed by atoms with E-state index in [1.165, 1.54) is 7.11 Å². The lowest BCUT2D eigenvalue weighted by Gasteiger charge is -2.12.